The van der Waals surface area contributed by atoms with Gasteiger partial charge in [0, 0.05) is 24.8 Å². The van der Waals surface area contributed by atoms with Crippen molar-refractivity contribution in [2.75, 3.05) is 32.0 Å². The number of rotatable bonds is 16. The zero-order valence-corrected chi connectivity index (χ0v) is 24.7. The highest BCUT2D eigenvalue weighted by Crippen LogP contribution is 2.23. The number of carbonyl (C=O) groups is 1. The van der Waals surface area contributed by atoms with E-state index in [1.807, 2.05) is 32.0 Å². The summed E-state index contributed by atoms with van der Waals surface area (Å²) in [5.74, 6) is -0.0211. The van der Waals surface area contributed by atoms with Crippen LogP contribution in [-0.4, -0.2) is 62.1 Å². The van der Waals surface area contributed by atoms with E-state index in [0.29, 0.717) is 31.5 Å². The Morgan fingerprint density at radius 2 is 1.70 bits per heavy atom. The number of nitrogen functional groups attached to an aromatic ring is 1. The molecule has 0 aliphatic carbocycles. The predicted molar refractivity (Wildman–Crippen MR) is 162 cm³/mol. The minimum atomic E-state index is -3.83. The second kappa shape index (κ2) is 15.1. The Morgan fingerprint density at radius 1 is 1.00 bits per heavy atom. The molecule has 3 aromatic rings. The highest BCUT2D eigenvalue weighted by molar-refractivity contribution is 7.89. The first-order valence-corrected chi connectivity index (χ1v) is 15.6. The van der Waals surface area contributed by atoms with Crippen molar-refractivity contribution in [2.45, 2.75) is 63.4 Å². The average molecular weight is 569 g/mol. The third-order valence-corrected chi connectivity index (χ3v) is 8.86. The molecule has 0 spiro atoms. The standard InChI is InChI=1S/C31H44N4O4S/c1-4-18-33-30(20-25-11-7-10-24-9-5-6-13-29(24)25)31(37)34-19-8-12-27(22-36)35(21-23(2)3)40(38,39)28-16-14-26(32)15-17-28/h5-7,9-11,13-17,23,27,30,33,36H,4,8,12,18-22,32H2,1-3H3,(H,34,37)/t27?,30-/m0/s1. The minimum absolute atomic E-state index is 0.0665. The summed E-state index contributed by atoms with van der Waals surface area (Å²) in [5.41, 5.74) is 7.34. The van der Waals surface area contributed by atoms with Crippen molar-refractivity contribution in [1.82, 2.24) is 14.9 Å². The number of sulfonamides is 1. The van der Waals surface area contributed by atoms with Gasteiger partial charge < -0.3 is 21.5 Å². The van der Waals surface area contributed by atoms with Crippen LogP contribution in [0.5, 0.6) is 0 Å². The average Bonchev–Trinajstić information content (AvgIpc) is 2.94. The Kier molecular flexibility index (Phi) is 11.9. The lowest BCUT2D eigenvalue weighted by Gasteiger charge is -2.31. The quantitative estimate of drug-likeness (QED) is 0.153. The van der Waals surface area contributed by atoms with Gasteiger partial charge in [0.15, 0.2) is 0 Å². The van der Waals surface area contributed by atoms with Crippen molar-refractivity contribution >= 4 is 32.4 Å². The number of benzene rings is 3. The number of carbonyl (C=O) groups excluding carboxylic acids is 1. The highest BCUT2D eigenvalue weighted by atomic mass is 32.2. The maximum absolute atomic E-state index is 13.5. The molecule has 0 aliphatic heterocycles. The Labute approximate surface area is 239 Å². The van der Waals surface area contributed by atoms with Gasteiger partial charge in [-0.1, -0.05) is 63.2 Å². The van der Waals surface area contributed by atoms with E-state index in [9.17, 15) is 18.3 Å². The van der Waals surface area contributed by atoms with Gasteiger partial charge in [0.1, 0.15) is 0 Å². The zero-order valence-electron chi connectivity index (χ0n) is 23.8. The molecule has 0 saturated heterocycles. The molecule has 0 bridgehead atoms. The fraction of sp³-hybridized carbons (Fsp3) is 0.452. The Balaban J connectivity index is 1.65. The largest absolute Gasteiger partial charge is 0.399 e. The van der Waals surface area contributed by atoms with Gasteiger partial charge in [-0.3, -0.25) is 4.79 Å². The molecule has 1 unspecified atom stereocenters. The SMILES string of the molecule is CCCN[C@@H](Cc1cccc2ccccc12)C(=O)NCCCC(CO)N(CC(C)C)S(=O)(=O)c1ccc(N)cc1. The maximum atomic E-state index is 13.5. The van der Waals surface area contributed by atoms with E-state index in [2.05, 4.69) is 41.8 Å². The first kappa shape index (κ1) is 31.5. The molecular formula is C31H44N4O4S. The van der Waals surface area contributed by atoms with Crippen LogP contribution >= 0.6 is 0 Å². The van der Waals surface area contributed by atoms with E-state index >= 15 is 0 Å². The Hall–Kier alpha value is -2.98. The van der Waals surface area contributed by atoms with Gasteiger partial charge in [-0.2, -0.15) is 4.31 Å². The van der Waals surface area contributed by atoms with E-state index in [0.717, 1.165) is 29.3 Å². The summed E-state index contributed by atoms with van der Waals surface area (Å²) in [5, 5.41) is 18.9. The van der Waals surface area contributed by atoms with Gasteiger partial charge in [0.2, 0.25) is 15.9 Å². The number of nitrogens with one attached hydrogen (secondary N) is 2. The minimum Gasteiger partial charge on any atom is -0.399 e. The predicted octanol–water partition coefficient (Wildman–Crippen LogP) is 3.94. The summed E-state index contributed by atoms with van der Waals surface area (Å²) >= 11 is 0. The summed E-state index contributed by atoms with van der Waals surface area (Å²) in [6.07, 6.45) is 2.41. The van der Waals surface area contributed by atoms with Gasteiger partial charge in [-0.15, -0.1) is 0 Å². The van der Waals surface area contributed by atoms with Crippen LogP contribution in [0, 0.1) is 5.92 Å². The topological polar surface area (TPSA) is 125 Å². The molecule has 2 atom stereocenters. The van der Waals surface area contributed by atoms with E-state index in [-0.39, 0.29) is 35.9 Å². The second-order valence-corrected chi connectivity index (χ2v) is 12.5. The van der Waals surface area contributed by atoms with Crippen LogP contribution < -0.4 is 16.4 Å². The number of aliphatic hydroxyl groups is 1. The van der Waals surface area contributed by atoms with Gasteiger partial charge in [0.25, 0.3) is 0 Å². The number of fused-ring (bicyclic) bond motifs is 1. The number of nitrogens with two attached hydrogens (primary N) is 1. The normalized spacial score (nSPS) is 13.6. The fourth-order valence-electron chi connectivity index (χ4n) is 4.84. The summed E-state index contributed by atoms with van der Waals surface area (Å²) in [4.78, 5) is 13.4. The van der Waals surface area contributed by atoms with Crippen LogP contribution in [0.15, 0.2) is 71.6 Å². The lowest BCUT2D eigenvalue weighted by atomic mass is 9.98. The zero-order chi connectivity index (χ0) is 29.1. The van der Waals surface area contributed by atoms with Crippen LogP contribution in [0.4, 0.5) is 5.69 Å². The third-order valence-electron chi connectivity index (χ3n) is 6.92. The van der Waals surface area contributed by atoms with Crippen molar-refractivity contribution in [3.63, 3.8) is 0 Å². The van der Waals surface area contributed by atoms with E-state index in [1.165, 1.54) is 16.4 Å². The van der Waals surface area contributed by atoms with E-state index < -0.39 is 16.1 Å². The highest BCUT2D eigenvalue weighted by Gasteiger charge is 2.31. The molecule has 0 fully saturated rings. The van der Waals surface area contributed by atoms with Gasteiger partial charge in [-0.25, -0.2) is 8.42 Å². The summed E-state index contributed by atoms with van der Waals surface area (Å²) in [6.45, 7) is 7.03. The van der Waals surface area contributed by atoms with Crippen LogP contribution in [0.25, 0.3) is 10.8 Å². The lowest BCUT2D eigenvalue weighted by Crippen LogP contribution is -2.47. The first-order valence-electron chi connectivity index (χ1n) is 14.1. The third kappa shape index (κ3) is 8.51. The molecule has 40 heavy (non-hydrogen) atoms. The number of hydrogen-bond donors (Lipinski definition) is 4. The van der Waals surface area contributed by atoms with Crippen molar-refractivity contribution in [2.24, 2.45) is 5.92 Å². The number of anilines is 1. The van der Waals surface area contributed by atoms with Crippen LogP contribution in [0.2, 0.25) is 0 Å². The molecule has 8 nitrogen and oxygen atoms in total. The maximum Gasteiger partial charge on any atom is 0.243 e. The molecule has 5 N–H and O–H groups in total. The number of hydrogen-bond acceptors (Lipinski definition) is 6. The summed E-state index contributed by atoms with van der Waals surface area (Å²) < 4.78 is 28.3. The number of nitrogens with zero attached hydrogens (tertiary/aromatic N) is 1. The van der Waals surface area contributed by atoms with Crippen LogP contribution in [0.1, 0.15) is 45.6 Å². The number of amides is 1. The van der Waals surface area contributed by atoms with Crippen molar-refractivity contribution in [3.05, 3.63) is 72.3 Å². The fourth-order valence-corrected chi connectivity index (χ4v) is 6.65. The molecule has 9 heteroatoms. The molecule has 0 radical (unpaired) electrons. The van der Waals surface area contributed by atoms with Gasteiger partial charge in [-0.05, 0) is 78.7 Å². The van der Waals surface area contributed by atoms with E-state index in [1.54, 1.807) is 12.1 Å². The van der Waals surface area contributed by atoms with Crippen molar-refractivity contribution < 1.29 is 18.3 Å². The second-order valence-electron chi connectivity index (χ2n) is 10.7. The summed E-state index contributed by atoms with van der Waals surface area (Å²) in [7, 11) is -3.83. The van der Waals surface area contributed by atoms with Crippen LogP contribution in [0.3, 0.4) is 0 Å². The molecule has 3 aromatic carbocycles. The molecule has 1 amide bonds. The van der Waals surface area contributed by atoms with E-state index in [4.69, 9.17) is 5.73 Å². The lowest BCUT2D eigenvalue weighted by molar-refractivity contribution is -0.123. The monoisotopic (exact) mass is 568 g/mol. The molecular weight excluding hydrogens is 524 g/mol. The molecule has 0 aliphatic rings. The summed E-state index contributed by atoms with van der Waals surface area (Å²) in [6, 6.07) is 19.4. The van der Waals surface area contributed by atoms with Crippen molar-refractivity contribution in [1.29, 1.82) is 0 Å². The number of aliphatic hydroxyl groups excluding tert-OH is 1. The Morgan fingerprint density at radius 3 is 2.38 bits per heavy atom. The Bertz CT molecular complexity index is 1320. The van der Waals surface area contributed by atoms with Gasteiger partial charge in [0.05, 0.1) is 17.5 Å². The smallest absolute Gasteiger partial charge is 0.243 e. The molecule has 3 rings (SSSR count). The van der Waals surface area contributed by atoms with Gasteiger partial charge >= 0.3 is 0 Å². The first-order chi connectivity index (χ1) is 19.2. The molecule has 0 aromatic heterocycles. The van der Waals surface area contributed by atoms with Crippen LogP contribution in [-0.2, 0) is 21.2 Å². The molecule has 218 valence electrons. The van der Waals surface area contributed by atoms with Crippen molar-refractivity contribution in [3.8, 4) is 0 Å². The molecule has 0 heterocycles. The molecule has 0 saturated carbocycles.